The summed E-state index contributed by atoms with van der Waals surface area (Å²) in [4.78, 5) is 8.70. The topological polar surface area (TPSA) is 47.6 Å². The van der Waals surface area contributed by atoms with Crippen LogP contribution in [0.2, 0.25) is 0 Å². The number of carbonyl (C=O) groups is 1. The Morgan fingerprint density at radius 3 is 2.00 bits per heavy atom. The lowest BCUT2D eigenvalue weighted by molar-refractivity contribution is -0.274. The predicted octanol–water partition coefficient (Wildman–Crippen LogP) is 3.60. The zero-order valence-corrected chi connectivity index (χ0v) is 13.0. The molecule has 1 saturated heterocycles. The minimum atomic E-state index is -4.65. The number of benzene rings is 1. The van der Waals surface area contributed by atoms with E-state index in [2.05, 4.69) is 10.1 Å². The van der Waals surface area contributed by atoms with Gasteiger partial charge in [0.1, 0.15) is 5.75 Å². The van der Waals surface area contributed by atoms with Crippen LogP contribution in [0.5, 0.6) is 5.75 Å². The molecule has 1 N–H and O–H groups in total. The van der Waals surface area contributed by atoms with Gasteiger partial charge in [0.25, 0.3) is 0 Å². The summed E-state index contributed by atoms with van der Waals surface area (Å²) >= 11 is 0. The van der Waals surface area contributed by atoms with Gasteiger partial charge in [-0.05, 0) is 43.6 Å². The van der Waals surface area contributed by atoms with Crippen molar-refractivity contribution >= 4 is 6.29 Å². The summed E-state index contributed by atoms with van der Waals surface area (Å²) in [6, 6.07) is 5.77. The van der Waals surface area contributed by atoms with E-state index < -0.39 is 18.8 Å². The van der Waals surface area contributed by atoms with Crippen molar-refractivity contribution in [3.63, 3.8) is 0 Å². The number of hydrogen-bond donors (Lipinski definition) is 1. The molecule has 1 fully saturated rings. The van der Waals surface area contributed by atoms with Crippen molar-refractivity contribution in [3.8, 4) is 5.75 Å². The van der Waals surface area contributed by atoms with Crippen molar-refractivity contribution in [2.24, 2.45) is 0 Å². The Bertz CT molecular complexity index is 509. The van der Waals surface area contributed by atoms with E-state index in [9.17, 15) is 26.3 Å². The molecular weight excluding hydrogens is 356 g/mol. The smallest absolute Gasteiger partial charge is 0.406 e. The van der Waals surface area contributed by atoms with Gasteiger partial charge in [-0.1, -0.05) is 12.1 Å². The number of carbonyl (C=O) groups excluding carboxylic acids is 1. The summed E-state index contributed by atoms with van der Waals surface area (Å²) < 4.78 is 76.7. The molecule has 0 aromatic heterocycles. The minimum absolute atomic E-state index is 0.210. The fourth-order valence-electron chi connectivity index (χ4n) is 1.96. The molecule has 2 rings (SSSR count). The first kappa shape index (κ1) is 21.2. The van der Waals surface area contributed by atoms with Crippen LogP contribution in [0.4, 0.5) is 26.3 Å². The number of alkyl halides is 6. The van der Waals surface area contributed by atoms with Gasteiger partial charge in [0.2, 0.25) is 6.29 Å². The van der Waals surface area contributed by atoms with E-state index in [1.54, 1.807) is 12.1 Å². The maximum atomic E-state index is 12.0. The molecule has 1 aliphatic rings. The predicted molar refractivity (Wildman–Crippen MR) is 75.9 cm³/mol. The van der Waals surface area contributed by atoms with Gasteiger partial charge in [-0.2, -0.15) is 13.2 Å². The Labute approximate surface area is 140 Å². The molecule has 1 heterocycles. The summed E-state index contributed by atoms with van der Waals surface area (Å²) in [5.74, 6) is -0.210. The Hall–Kier alpha value is -1.81. The summed E-state index contributed by atoms with van der Waals surface area (Å²) in [5, 5.41) is 3.24. The van der Waals surface area contributed by atoms with Crippen LogP contribution >= 0.6 is 0 Å². The number of piperidine rings is 1. The molecule has 0 saturated carbocycles. The van der Waals surface area contributed by atoms with Crippen LogP contribution in [-0.2, 0) is 16.1 Å². The third-order valence-electron chi connectivity index (χ3n) is 3.06. The standard InChI is InChI=1S/C13H16F3NO2.C2HF3O/c14-13(15,16)19-12-3-1-10(2-4-12)9-18-11-5-7-17-8-6-11;3-2(4,5)1-6/h1-4,11,17H,5-9H2;1H. The van der Waals surface area contributed by atoms with Gasteiger partial charge >= 0.3 is 12.5 Å². The largest absolute Gasteiger partial charge is 0.573 e. The van der Waals surface area contributed by atoms with Crippen LogP contribution in [0, 0.1) is 0 Å². The van der Waals surface area contributed by atoms with Gasteiger partial charge < -0.3 is 14.8 Å². The molecule has 1 aromatic carbocycles. The Kier molecular flexibility index (Phi) is 8.17. The summed E-state index contributed by atoms with van der Waals surface area (Å²) in [7, 11) is 0. The van der Waals surface area contributed by atoms with Crippen molar-refractivity contribution < 1.29 is 40.6 Å². The number of hydrogen-bond acceptors (Lipinski definition) is 4. The second-order valence-electron chi connectivity index (χ2n) is 5.11. The number of nitrogens with one attached hydrogen (secondary N) is 1. The fourth-order valence-corrected chi connectivity index (χ4v) is 1.96. The average Bonchev–Trinajstić information content (AvgIpc) is 2.54. The first-order valence-electron chi connectivity index (χ1n) is 7.29. The molecule has 25 heavy (non-hydrogen) atoms. The van der Waals surface area contributed by atoms with E-state index in [4.69, 9.17) is 9.53 Å². The van der Waals surface area contributed by atoms with Gasteiger partial charge in [0.05, 0.1) is 12.7 Å². The number of rotatable bonds is 4. The minimum Gasteiger partial charge on any atom is -0.406 e. The third kappa shape index (κ3) is 10.6. The molecule has 0 amide bonds. The number of halogens is 6. The normalized spacial score (nSPS) is 15.9. The average molecular weight is 373 g/mol. The molecule has 0 radical (unpaired) electrons. The first-order chi connectivity index (χ1) is 11.6. The maximum absolute atomic E-state index is 12.0. The van der Waals surface area contributed by atoms with Crippen molar-refractivity contribution in [3.05, 3.63) is 29.8 Å². The summed E-state index contributed by atoms with van der Waals surface area (Å²) in [5.41, 5.74) is 0.841. The molecule has 4 nitrogen and oxygen atoms in total. The monoisotopic (exact) mass is 373 g/mol. The summed E-state index contributed by atoms with van der Waals surface area (Å²) in [6.45, 7) is 2.31. The molecular formula is C15H17F6NO3. The third-order valence-corrected chi connectivity index (χ3v) is 3.06. The molecule has 10 heteroatoms. The van der Waals surface area contributed by atoms with Gasteiger partial charge in [-0.25, -0.2) is 0 Å². The van der Waals surface area contributed by atoms with Crippen LogP contribution in [0.3, 0.4) is 0 Å². The first-order valence-corrected chi connectivity index (χ1v) is 7.29. The fraction of sp³-hybridized carbons (Fsp3) is 0.533. The zero-order chi connectivity index (χ0) is 18.9. The highest BCUT2D eigenvalue weighted by Crippen LogP contribution is 2.23. The summed E-state index contributed by atoms with van der Waals surface area (Å²) in [6.07, 6.45) is -8.18. The maximum Gasteiger partial charge on any atom is 0.573 e. The number of aldehydes is 1. The molecule has 1 aliphatic heterocycles. The van der Waals surface area contributed by atoms with Gasteiger partial charge in [-0.15, -0.1) is 13.2 Å². The highest BCUT2D eigenvalue weighted by Gasteiger charge is 2.31. The van der Waals surface area contributed by atoms with Gasteiger partial charge in [-0.3, -0.25) is 4.79 Å². The lowest BCUT2D eigenvalue weighted by Crippen LogP contribution is -2.32. The Morgan fingerprint density at radius 2 is 1.56 bits per heavy atom. The second-order valence-corrected chi connectivity index (χ2v) is 5.11. The van der Waals surface area contributed by atoms with Crippen LogP contribution in [0.1, 0.15) is 18.4 Å². The number of ether oxygens (including phenoxy) is 2. The van der Waals surface area contributed by atoms with E-state index in [0.29, 0.717) is 6.61 Å². The van der Waals surface area contributed by atoms with E-state index in [1.807, 2.05) is 0 Å². The zero-order valence-electron chi connectivity index (χ0n) is 13.0. The van der Waals surface area contributed by atoms with E-state index in [-0.39, 0.29) is 11.9 Å². The quantitative estimate of drug-likeness (QED) is 0.647. The molecule has 1 aromatic rings. The SMILES string of the molecule is FC(F)(F)Oc1ccc(COC2CCNCC2)cc1.O=CC(F)(F)F. The van der Waals surface area contributed by atoms with Crippen LogP contribution in [0.25, 0.3) is 0 Å². The molecule has 142 valence electrons. The lowest BCUT2D eigenvalue weighted by Gasteiger charge is -2.23. The van der Waals surface area contributed by atoms with Crippen LogP contribution < -0.4 is 10.1 Å². The molecule has 0 atom stereocenters. The van der Waals surface area contributed by atoms with Crippen molar-refractivity contribution in [1.29, 1.82) is 0 Å². The molecule has 0 unspecified atom stereocenters. The molecule has 0 spiro atoms. The van der Waals surface area contributed by atoms with Gasteiger partial charge in [0, 0.05) is 0 Å². The molecule has 0 bridgehead atoms. The van der Waals surface area contributed by atoms with Crippen LogP contribution in [-0.4, -0.2) is 38.0 Å². The van der Waals surface area contributed by atoms with Crippen molar-refractivity contribution in [1.82, 2.24) is 5.32 Å². The van der Waals surface area contributed by atoms with E-state index in [1.165, 1.54) is 12.1 Å². The van der Waals surface area contributed by atoms with E-state index >= 15 is 0 Å². The van der Waals surface area contributed by atoms with Crippen molar-refractivity contribution in [2.45, 2.75) is 38.1 Å². The Balaban J connectivity index is 0.000000450. The van der Waals surface area contributed by atoms with Crippen LogP contribution in [0.15, 0.2) is 24.3 Å². The second kappa shape index (κ2) is 9.62. The highest BCUT2D eigenvalue weighted by molar-refractivity contribution is 5.56. The highest BCUT2D eigenvalue weighted by atomic mass is 19.4. The Morgan fingerprint density at radius 1 is 1.04 bits per heavy atom. The molecule has 0 aliphatic carbocycles. The van der Waals surface area contributed by atoms with E-state index in [0.717, 1.165) is 31.5 Å². The van der Waals surface area contributed by atoms with Crippen molar-refractivity contribution in [2.75, 3.05) is 13.1 Å². The lowest BCUT2D eigenvalue weighted by atomic mass is 10.1. The van der Waals surface area contributed by atoms with Gasteiger partial charge in [0.15, 0.2) is 0 Å².